The van der Waals surface area contributed by atoms with Crippen molar-refractivity contribution < 1.29 is 9.90 Å². The van der Waals surface area contributed by atoms with E-state index in [1.807, 2.05) is 0 Å². The molecule has 1 aliphatic rings. The first kappa shape index (κ1) is 11.7. The van der Waals surface area contributed by atoms with Crippen molar-refractivity contribution in [2.24, 2.45) is 0 Å². The number of nitrogens with two attached hydrogens (primary N) is 1. The van der Waals surface area contributed by atoms with Crippen LogP contribution in [0.5, 0.6) is 0 Å². The Kier molecular flexibility index (Phi) is 3.43. The number of hydrogen-bond donors (Lipinski definition) is 3. The molecule has 1 amide bonds. The number of nitrogens with one attached hydrogen (secondary N) is 1. The SMILES string of the molecule is Nc1ccc(N(C(=O)O)C2CCNCC2)nc1. The molecule has 2 rings (SSSR count). The first-order chi connectivity index (χ1) is 8.18. The summed E-state index contributed by atoms with van der Waals surface area (Å²) in [6.45, 7) is 1.67. The summed E-state index contributed by atoms with van der Waals surface area (Å²) in [5.41, 5.74) is 6.07. The van der Waals surface area contributed by atoms with Gasteiger partial charge in [0.25, 0.3) is 0 Å². The maximum absolute atomic E-state index is 11.3. The van der Waals surface area contributed by atoms with Gasteiger partial charge in [-0.05, 0) is 38.1 Å². The number of piperidine rings is 1. The number of carboxylic acid groups (broad SMARTS) is 1. The van der Waals surface area contributed by atoms with Gasteiger partial charge in [-0.1, -0.05) is 0 Å². The summed E-state index contributed by atoms with van der Waals surface area (Å²) in [6.07, 6.45) is 2.12. The Morgan fingerprint density at radius 3 is 2.71 bits per heavy atom. The largest absolute Gasteiger partial charge is 0.465 e. The van der Waals surface area contributed by atoms with Crippen LogP contribution in [0.2, 0.25) is 0 Å². The van der Waals surface area contributed by atoms with E-state index >= 15 is 0 Å². The van der Waals surface area contributed by atoms with Gasteiger partial charge >= 0.3 is 6.09 Å². The van der Waals surface area contributed by atoms with E-state index in [2.05, 4.69) is 10.3 Å². The highest BCUT2D eigenvalue weighted by Gasteiger charge is 2.27. The van der Waals surface area contributed by atoms with Crippen LogP contribution in [0.3, 0.4) is 0 Å². The van der Waals surface area contributed by atoms with Crippen molar-refractivity contribution >= 4 is 17.6 Å². The number of anilines is 2. The normalized spacial score (nSPS) is 16.7. The van der Waals surface area contributed by atoms with E-state index in [0.717, 1.165) is 25.9 Å². The van der Waals surface area contributed by atoms with Crippen molar-refractivity contribution in [3.05, 3.63) is 18.3 Å². The second-order valence-electron chi connectivity index (χ2n) is 4.08. The van der Waals surface area contributed by atoms with Crippen LogP contribution in [0, 0.1) is 0 Å². The van der Waals surface area contributed by atoms with E-state index in [0.29, 0.717) is 11.5 Å². The summed E-state index contributed by atoms with van der Waals surface area (Å²) < 4.78 is 0. The molecule has 1 aliphatic heterocycles. The predicted molar refractivity (Wildman–Crippen MR) is 65.0 cm³/mol. The Balaban J connectivity index is 2.21. The molecule has 0 bridgehead atoms. The van der Waals surface area contributed by atoms with Crippen LogP contribution in [0.4, 0.5) is 16.3 Å². The highest BCUT2D eigenvalue weighted by molar-refractivity contribution is 5.85. The molecular formula is C11H16N4O2. The van der Waals surface area contributed by atoms with Gasteiger partial charge in [0.2, 0.25) is 0 Å². The number of rotatable bonds is 2. The van der Waals surface area contributed by atoms with Crippen LogP contribution in [0.1, 0.15) is 12.8 Å². The van der Waals surface area contributed by atoms with Gasteiger partial charge in [-0.15, -0.1) is 0 Å². The first-order valence-corrected chi connectivity index (χ1v) is 5.63. The molecular weight excluding hydrogens is 220 g/mol. The van der Waals surface area contributed by atoms with Crippen molar-refractivity contribution in [3.8, 4) is 0 Å². The number of carbonyl (C=O) groups is 1. The molecule has 0 saturated carbocycles. The monoisotopic (exact) mass is 236 g/mol. The third-order valence-electron chi connectivity index (χ3n) is 2.90. The van der Waals surface area contributed by atoms with Crippen molar-refractivity contribution in [3.63, 3.8) is 0 Å². The minimum atomic E-state index is -0.964. The van der Waals surface area contributed by atoms with Crippen LogP contribution >= 0.6 is 0 Å². The molecule has 2 heterocycles. The Bertz CT molecular complexity index is 387. The fourth-order valence-corrected chi connectivity index (χ4v) is 2.05. The summed E-state index contributed by atoms with van der Waals surface area (Å²) >= 11 is 0. The number of hydrogen-bond acceptors (Lipinski definition) is 4. The average molecular weight is 236 g/mol. The average Bonchev–Trinajstić information content (AvgIpc) is 2.33. The highest BCUT2D eigenvalue weighted by Crippen LogP contribution is 2.20. The quantitative estimate of drug-likeness (QED) is 0.709. The second kappa shape index (κ2) is 5.01. The maximum Gasteiger partial charge on any atom is 0.413 e. The maximum atomic E-state index is 11.3. The molecule has 0 aliphatic carbocycles. The fourth-order valence-electron chi connectivity index (χ4n) is 2.05. The molecule has 17 heavy (non-hydrogen) atoms. The molecule has 1 aromatic rings. The molecule has 92 valence electrons. The molecule has 0 aromatic carbocycles. The van der Waals surface area contributed by atoms with Crippen molar-refractivity contribution in [2.45, 2.75) is 18.9 Å². The second-order valence-corrected chi connectivity index (χ2v) is 4.08. The van der Waals surface area contributed by atoms with E-state index in [1.165, 1.54) is 11.1 Å². The lowest BCUT2D eigenvalue weighted by molar-refractivity contribution is 0.196. The molecule has 6 nitrogen and oxygen atoms in total. The number of nitrogens with zero attached hydrogens (tertiary/aromatic N) is 2. The fraction of sp³-hybridized carbons (Fsp3) is 0.455. The standard InChI is InChI=1S/C11H16N4O2/c12-8-1-2-10(14-7-8)15(11(16)17)9-3-5-13-6-4-9/h1-2,7,9,13H,3-6,12H2,(H,16,17). The van der Waals surface area contributed by atoms with Gasteiger partial charge in [0.05, 0.1) is 11.9 Å². The van der Waals surface area contributed by atoms with Crippen molar-refractivity contribution in [1.29, 1.82) is 0 Å². The summed E-state index contributed by atoms with van der Waals surface area (Å²) in [6, 6.07) is 3.30. The molecule has 0 radical (unpaired) electrons. The molecule has 0 unspecified atom stereocenters. The topological polar surface area (TPSA) is 91.5 Å². The Labute approximate surface area is 99.4 Å². The molecule has 1 saturated heterocycles. The van der Waals surface area contributed by atoms with Gasteiger partial charge in [0, 0.05) is 6.04 Å². The Hall–Kier alpha value is -1.82. The third kappa shape index (κ3) is 2.65. The van der Waals surface area contributed by atoms with Gasteiger partial charge in [-0.2, -0.15) is 0 Å². The van der Waals surface area contributed by atoms with Gasteiger partial charge in [-0.3, -0.25) is 4.90 Å². The zero-order valence-electron chi connectivity index (χ0n) is 9.47. The lowest BCUT2D eigenvalue weighted by atomic mass is 10.1. The minimum Gasteiger partial charge on any atom is -0.465 e. The summed E-state index contributed by atoms with van der Waals surface area (Å²) in [5.74, 6) is 0.443. The summed E-state index contributed by atoms with van der Waals surface area (Å²) in [5, 5.41) is 12.5. The lowest BCUT2D eigenvalue weighted by Gasteiger charge is -2.31. The molecule has 0 spiro atoms. The predicted octanol–water partition coefficient (Wildman–Crippen LogP) is 0.900. The van der Waals surface area contributed by atoms with E-state index in [1.54, 1.807) is 12.1 Å². The smallest absolute Gasteiger partial charge is 0.413 e. The van der Waals surface area contributed by atoms with Crippen LogP contribution in [-0.4, -0.2) is 35.3 Å². The summed E-state index contributed by atoms with van der Waals surface area (Å²) in [7, 11) is 0. The number of pyridine rings is 1. The number of aromatic nitrogens is 1. The molecule has 1 fully saturated rings. The van der Waals surface area contributed by atoms with Crippen LogP contribution in [0.15, 0.2) is 18.3 Å². The van der Waals surface area contributed by atoms with E-state index in [-0.39, 0.29) is 6.04 Å². The van der Waals surface area contributed by atoms with Crippen LogP contribution in [-0.2, 0) is 0 Å². The van der Waals surface area contributed by atoms with E-state index < -0.39 is 6.09 Å². The van der Waals surface area contributed by atoms with E-state index in [4.69, 9.17) is 5.73 Å². The van der Waals surface area contributed by atoms with E-state index in [9.17, 15) is 9.90 Å². The minimum absolute atomic E-state index is 0.00938. The zero-order chi connectivity index (χ0) is 12.3. The van der Waals surface area contributed by atoms with Gasteiger partial charge in [0.15, 0.2) is 0 Å². The van der Waals surface area contributed by atoms with Gasteiger partial charge in [-0.25, -0.2) is 9.78 Å². The third-order valence-corrected chi connectivity index (χ3v) is 2.90. The number of nitrogen functional groups attached to an aromatic ring is 1. The molecule has 1 aromatic heterocycles. The van der Waals surface area contributed by atoms with Crippen LogP contribution in [0.25, 0.3) is 0 Å². The van der Waals surface area contributed by atoms with Crippen molar-refractivity contribution in [1.82, 2.24) is 10.3 Å². The van der Waals surface area contributed by atoms with Crippen LogP contribution < -0.4 is 16.0 Å². The molecule has 4 N–H and O–H groups in total. The lowest BCUT2D eigenvalue weighted by Crippen LogP contribution is -2.46. The van der Waals surface area contributed by atoms with Gasteiger partial charge < -0.3 is 16.2 Å². The molecule has 0 atom stereocenters. The summed E-state index contributed by atoms with van der Waals surface area (Å²) in [4.78, 5) is 16.7. The highest BCUT2D eigenvalue weighted by atomic mass is 16.4. The number of amides is 1. The first-order valence-electron chi connectivity index (χ1n) is 5.63. The Morgan fingerprint density at radius 1 is 1.47 bits per heavy atom. The molecule has 6 heteroatoms. The van der Waals surface area contributed by atoms with Crippen molar-refractivity contribution in [2.75, 3.05) is 23.7 Å². The van der Waals surface area contributed by atoms with Gasteiger partial charge in [0.1, 0.15) is 5.82 Å². The Morgan fingerprint density at radius 2 is 2.18 bits per heavy atom. The zero-order valence-corrected chi connectivity index (χ0v) is 9.47.